The van der Waals surface area contributed by atoms with Gasteiger partial charge in [-0.15, -0.1) is 0 Å². The third-order valence-corrected chi connectivity index (χ3v) is 6.87. The molecule has 0 aromatic heterocycles. The quantitative estimate of drug-likeness (QED) is 0.429. The third kappa shape index (κ3) is 3.09. The Hall–Kier alpha value is -1.43. The molecule has 4 aliphatic carbocycles. The van der Waals surface area contributed by atoms with Crippen LogP contribution in [-0.2, 0) is 0 Å². The molecule has 6 heteroatoms. The van der Waals surface area contributed by atoms with Gasteiger partial charge in [-0.05, 0) is 67.3 Å². The van der Waals surface area contributed by atoms with Crippen molar-refractivity contribution in [3.8, 4) is 5.75 Å². The molecule has 134 valence electrons. The molecule has 25 heavy (non-hydrogen) atoms. The molecule has 0 aliphatic heterocycles. The minimum absolute atomic E-state index is 0.293. The van der Waals surface area contributed by atoms with E-state index in [1.165, 1.54) is 44.6 Å². The summed E-state index contributed by atoms with van der Waals surface area (Å²) >= 11 is 3.27. The van der Waals surface area contributed by atoms with E-state index in [0.29, 0.717) is 20.9 Å². The van der Waals surface area contributed by atoms with Crippen LogP contribution in [0.2, 0.25) is 0 Å². The van der Waals surface area contributed by atoms with E-state index in [1.54, 1.807) is 12.3 Å². The summed E-state index contributed by atoms with van der Waals surface area (Å²) in [6.45, 7) is 3.20. The zero-order chi connectivity index (χ0) is 17.8. The minimum Gasteiger partial charge on any atom is -0.502 e. The van der Waals surface area contributed by atoms with Gasteiger partial charge in [0.15, 0.2) is 0 Å². The van der Waals surface area contributed by atoms with Crippen LogP contribution in [0.4, 0.5) is 5.69 Å². The Morgan fingerprint density at radius 3 is 2.64 bits per heavy atom. The van der Waals surface area contributed by atoms with Gasteiger partial charge in [-0.25, -0.2) is 0 Å². The van der Waals surface area contributed by atoms with Crippen molar-refractivity contribution in [2.75, 3.05) is 6.54 Å². The van der Waals surface area contributed by atoms with Crippen LogP contribution in [0.15, 0.2) is 21.6 Å². The predicted molar refractivity (Wildman–Crippen MR) is 100 cm³/mol. The number of nitro groups is 1. The van der Waals surface area contributed by atoms with Gasteiger partial charge in [0.1, 0.15) is 0 Å². The van der Waals surface area contributed by atoms with Crippen molar-refractivity contribution >= 4 is 27.8 Å². The first-order valence-electron chi connectivity index (χ1n) is 8.94. The fourth-order valence-corrected chi connectivity index (χ4v) is 6.76. The highest BCUT2D eigenvalue weighted by Gasteiger charge is 2.55. The van der Waals surface area contributed by atoms with Gasteiger partial charge in [-0.3, -0.25) is 15.1 Å². The third-order valence-electron chi connectivity index (χ3n) is 6.41. The maximum atomic E-state index is 11.0. The van der Waals surface area contributed by atoms with Gasteiger partial charge in [0.25, 0.3) is 0 Å². The van der Waals surface area contributed by atoms with Crippen LogP contribution in [0.5, 0.6) is 5.75 Å². The number of aromatic hydroxyl groups is 1. The average Bonchev–Trinajstić information content (AvgIpc) is 2.47. The lowest BCUT2D eigenvalue weighted by Gasteiger charge is -2.61. The van der Waals surface area contributed by atoms with Crippen molar-refractivity contribution in [2.45, 2.75) is 45.4 Å². The first-order chi connectivity index (χ1) is 11.8. The fraction of sp³-hybridized carbons (Fsp3) is 0.632. The molecule has 5 rings (SSSR count). The number of benzene rings is 1. The molecule has 1 aromatic carbocycles. The molecule has 0 radical (unpaired) electrons. The lowest BCUT2D eigenvalue weighted by atomic mass is 9.45. The molecule has 4 aliphatic rings. The maximum Gasteiger partial charge on any atom is 0.312 e. The van der Waals surface area contributed by atoms with Crippen molar-refractivity contribution in [2.24, 2.45) is 27.7 Å². The Labute approximate surface area is 155 Å². The van der Waals surface area contributed by atoms with E-state index in [-0.39, 0.29) is 11.4 Å². The summed E-state index contributed by atoms with van der Waals surface area (Å²) in [4.78, 5) is 15.1. The van der Waals surface area contributed by atoms with Gasteiger partial charge >= 0.3 is 5.69 Å². The minimum atomic E-state index is -0.572. The van der Waals surface area contributed by atoms with Crippen molar-refractivity contribution in [1.82, 2.24) is 0 Å². The molecule has 0 saturated heterocycles. The van der Waals surface area contributed by atoms with Gasteiger partial charge in [0.2, 0.25) is 5.75 Å². The number of hydrogen-bond acceptors (Lipinski definition) is 4. The number of phenols is 1. The van der Waals surface area contributed by atoms with Crippen LogP contribution in [0.1, 0.15) is 51.0 Å². The molecule has 0 amide bonds. The number of rotatable bonds is 4. The summed E-state index contributed by atoms with van der Waals surface area (Å²) in [5.74, 6) is 1.39. The van der Waals surface area contributed by atoms with E-state index < -0.39 is 4.92 Å². The van der Waals surface area contributed by atoms with Gasteiger partial charge in [0, 0.05) is 28.9 Å². The number of nitro benzene ring substituents is 1. The first kappa shape index (κ1) is 17.0. The summed E-state index contributed by atoms with van der Waals surface area (Å²) < 4.78 is 0.570. The summed E-state index contributed by atoms with van der Waals surface area (Å²) in [6.07, 6.45) is 9.51. The lowest BCUT2D eigenvalue weighted by Crippen LogP contribution is -2.51. The molecule has 4 saturated carbocycles. The van der Waals surface area contributed by atoms with Crippen LogP contribution in [0, 0.1) is 32.8 Å². The second-order valence-electron chi connectivity index (χ2n) is 8.86. The van der Waals surface area contributed by atoms with Crippen LogP contribution < -0.4 is 0 Å². The van der Waals surface area contributed by atoms with E-state index >= 15 is 0 Å². The number of aliphatic imine (C=N–C) groups is 1. The number of hydrogen-bond donors (Lipinski definition) is 1. The second kappa shape index (κ2) is 5.79. The Morgan fingerprint density at radius 2 is 2.04 bits per heavy atom. The highest BCUT2D eigenvalue weighted by molar-refractivity contribution is 9.10. The Morgan fingerprint density at radius 1 is 1.36 bits per heavy atom. The van der Waals surface area contributed by atoms with Gasteiger partial charge in [0.05, 0.1) is 4.92 Å². The standard InChI is InChI=1S/C19H23BrN2O3/c1-18-5-12-2-13(6-18)8-19(7-12,10-18)11-21-9-14-3-15(20)4-16(17(14)23)22(24)25/h3-4,9,12-13,23H,2,5-8,10-11H2,1H3/t12-,13+,18?,19?. The molecular weight excluding hydrogens is 384 g/mol. The van der Waals surface area contributed by atoms with Crippen molar-refractivity contribution < 1.29 is 10.0 Å². The summed E-state index contributed by atoms with van der Waals surface area (Å²) in [5.41, 5.74) is 0.884. The smallest absolute Gasteiger partial charge is 0.312 e. The Kier molecular flexibility index (Phi) is 3.94. The highest BCUT2D eigenvalue weighted by Crippen LogP contribution is 2.65. The topological polar surface area (TPSA) is 75.7 Å². The molecule has 4 bridgehead atoms. The number of nitrogens with zero attached hydrogens (tertiary/aromatic N) is 2. The first-order valence-corrected chi connectivity index (χ1v) is 9.74. The molecule has 5 nitrogen and oxygen atoms in total. The predicted octanol–water partition coefficient (Wildman–Crippen LogP) is 5.09. The second-order valence-corrected chi connectivity index (χ2v) is 9.78. The Bertz CT molecular complexity index is 747. The molecule has 4 atom stereocenters. The SMILES string of the molecule is CC12C[C@H]3C[C@@H](C1)CC(CN=Cc1cc(Br)cc([N+](=O)[O-])c1O)(C3)C2. The molecular formula is C19H23BrN2O3. The molecule has 0 spiro atoms. The molecule has 0 heterocycles. The summed E-state index contributed by atoms with van der Waals surface area (Å²) in [7, 11) is 0. The highest BCUT2D eigenvalue weighted by atomic mass is 79.9. The normalized spacial score (nSPS) is 36.2. The van der Waals surface area contributed by atoms with Crippen molar-refractivity contribution in [3.63, 3.8) is 0 Å². The molecule has 1 N–H and O–H groups in total. The summed E-state index contributed by atoms with van der Waals surface area (Å²) in [6, 6.07) is 2.99. The molecule has 4 fully saturated rings. The summed E-state index contributed by atoms with van der Waals surface area (Å²) in [5, 5.41) is 21.2. The molecule has 2 unspecified atom stereocenters. The lowest BCUT2D eigenvalue weighted by molar-refractivity contribution is -0.385. The van der Waals surface area contributed by atoms with Gasteiger partial charge in [-0.1, -0.05) is 22.9 Å². The largest absolute Gasteiger partial charge is 0.502 e. The van der Waals surface area contributed by atoms with Crippen LogP contribution in [-0.4, -0.2) is 22.8 Å². The number of halogens is 1. The van der Waals surface area contributed by atoms with Crippen LogP contribution in [0.3, 0.4) is 0 Å². The molecule has 1 aromatic rings. The zero-order valence-electron chi connectivity index (χ0n) is 14.4. The van der Waals surface area contributed by atoms with Gasteiger partial charge < -0.3 is 5.11 Å². The van der Waals surface area contributed by atoms with Crippen LogP contribution in [0.25, 0.3) is 0 Å². The van der Waals surface area contributed by atoms with Crippen LogP contribution >= 0.6 is 15.9 Å². The van der Waals surface area contributed by atoms with E-state index in [9.17, 15) is 15.2 Å². The van der Waals surface area contributed by atoms with E-state index in [1.807, 2.05) is 0 Å². The van der Waals surface area contributed by atoms with E-state index in [4.69, 9.17) is 0 Å². The van der Waals surface area contributed by atoms with Crippen molar-refractivity contribution in [3.05, 3.63) is 32.3 Å². The van der Waals surface area contributed by atoms with Crippen molar-refractivity contribution in [1.29, 1.82) is 0 Å². The zero-order valence-corrected chi connectivity index (χ0v) is 16.0. The van der Waals surface area contributed by atoms with E-state index in [2.05, 4.69) is 27.8 Å². The average molecular weight is 407 g/mol. The Balaban J connectivity index is 1.55. The fourth-order valence-electron chi connectivity index (χ4n) is 6.29. The maximum absolute atomic E-state index is 11.0. The van der Waals surface area contributed by atoms with E-state index in [0.717, 1.165) is 18.4 Å². The number of phenolic OH excluding ortho intramolecular Hbond substituents is 1. The van der Waals surface area contributed by atoms with Gasteiger partial charge in [-0.2, -0.15) is 0 Å². The monoisotopic (exact) mass is 406 g/mol.